The Morgan fingerprint density at radius 3 is 2.88 bits per heavy atom. The zero-order valence-corrected chi connectivity index (χ0v) is 9.68. The molecule has 1 fully saturated rings. The highest BCUT2D eigenvalue weighted by Gasteiger charge is 2.21. The lowest BCUT2D eigenvalue weighted by Gasteiger charge is -2.27. The van der Waals surface area contributed by atoms with Crippen molar-refractivity contribution in [3.8, 4) is 0 Å². The molecule has 0 saturated carbocycles. The van der Waals surface area contributed by atoms with Crippen LogP contribution in [0.25, 0.3) is 0 Å². The predicted octanol–water partition coefficient (Wildman–Crippen LogP) is 1.81. The molecule has 0 atom stereocenters. The molecule has 0 N–H and O–H groups in total. The van der Waals surface area contributed by atoms with Crippen LogP contribution >= 0.6 is 11.6 Å². The topological polar surface area (TPSA) is 76.3 Å². The Kier molecular flexibility index (Phi) is 3.23. The van der Waals surface area contributed by atoms with Gasteiger partial charge in [0.05, 0.1) is 16.5 Å². The number of pyridine rings is 1. The minimum atomic E-state index is -0.552. The zero-order valence-electron chi connectivity index (χ0n) is 8.93. The van der Waals surface area contributed by atoms with E-state index in [1.165, 1.54) is 6.07 Å². The van der Waals surface area contributed by atoms with Crippen molar-refractivity contribution in [2.45, 2.75) is 12.8 Å². The van der Waals surface area contributed by atoms with E-state index in [1.807, 2.05) is 0 Å². The molecule has 90 valence electrons. The van der Waals surface area contributed by atoms with E-state index in [1.54, 1.807) is 4.90 Å². The normalized spacial score (nSPS) is 16.1. The number of hydrogen-bond acceptors (Lipinski definition) is 5. The smallest absolute Gasteiger partial charge is 0.289 e. The number of nitrogens with zero attached hydrogens (tertiary/aromatic N) is 3. The molecule has 6 nitrogen and oxygen atoms in total. The van der Waals surface area contributed by atoms with Crippen molar-refractivity contribution in [1.82, 2.24) is 4.98 Å². The molecule has 7 heteroatoms. The molecule has 0 spiro atoms. The fraction of sp³-hybridized carbons (Fsp3) is 0.400. The Morgan fingerprint density at radius 1 is 1.53 bits per heavy atom. The standard InChI is InChI=1S/C10H10ClN3O3/c11-9-4-7(14(16)17)5-12-10(9)13-3-1-2-8(15)6-13/h4-5H,1-3,6H2. The van der Waals surface area contributed by atoms with Crippen LogP contribution in [-0.2, 0) is 4.79 Å². The van der Waals surface area contributed by atoms with E-state index < -0.39 is 4.92 Å². The van der Waals surface area contributed by atoms with E-state index in [0.717, 1.165) is 12.6 Å². The van der Waals surface area contributed by atoms with Crippen molar-refractivity contribution < 1.29 is 9.72 Å². The van der Waals surface area contributed by atoms with Crippen LogP contribution in [0.15, 0.2) is 12.3 Å². The van der Waals surface area contributed by atoms with Gasteiger partial charge < -0.3 is 4.90 Å². The van der Waals surface area contributed by atoms with Gasteiger partial charge in [-0.05, 0) is 6.42 Å². The Labute approximate surface area is 102 Å². The molecule has 0 bridgehead atoms. The van der Waals surface area contributed by atoms with Crippen LogP contribution in [0, 0.1) is 10.1 Å². The number of aromatic nitrogens is 1. The van der Waals surface area contributed by atoms with Gasteiger partial charge in [0.1, 0.15) is 12.0 Å². The summed E-state index contributed by atoms with van der Waals surface area (Å²) in [5.41, 5.74) is -0.151. The lowest BCUT2D eigenvalue weighted by atomic mass is 10.1. The van der Waals surface area contributed by atoms with Crippen LogP contribution in [-0.4, -0.2) is 28.8 Å². The Morgan fingerprint density at radius 2 is 2.29 bits per heavy atom. The van der Waals surface area contributed by atoms with Crippen LogP contribution in [0.4, 0.5) is 11.5 Å². The van der Waals surface area contributed by atoms with E-state index in [2.05, 4.69) is 4.98 Å². The highest BCUT2D eigenvalue weighted by molar-refractivity contribution is 6.33. The molecular formula is C10H10ClN3O3. The summed E-state index contributed by atoms with van der Waals surface area (Å²) in [7, 11) is 0. The largest absolute Gasteiger partial charge is 0.348 e. The number of anilines is 1. The van der Waals surface area contributed by atoms with Crippen molar-refractivity contribution in [2.24, 2.45) is 0 Å². The van der Waals surface area contributed by atoms with Crippen molar-refractivity contribution in [2.75, 3.05) is 18.0 Å². The van der Waals surface area contributed by atoms with Gasteiger partial charge in [0.25, 0.3) is 5.69 Å². The molecule has 0 amide bonds. The summed E-state index contributed by atoms with van der Waals surface area (Å²) in [4.78, 5) is 27.0. The molecule has 0 aliphatic carbocycles. The first kappa shape index (κ1) is 11.8. The summed E-state index contributed by atoms with van der Waals surface area (Å²) >= 11 is 5.93. The van der Waals surface area contributed by atoms with Gasteiger partial charge in [0.2, 0.25) is 0 Å². The predicted molar refractivity (Wildman–Crippen MR) is 62.4 cm³/mol. The monoisotopic (exact) mass is 255 g/mol. The molecular weight excluding hydrogens is 246 g/mol. The molecule has 0 aromatic carbocycles. The van der Waals surface area contributed by atoms with Crippen molar-refractivity contribution >= 4 is 28.9 Å². The molecule has 0 unspecified atom stereocenters. The van der Waals surface area contributed by atoms with Crippen LogP contribution in [0.2, 0.25) is 5.02 Å². The quantitative estimate of drug-likeness (QED) is 0.595. The maximum atomic E-state index is 11.3. The second-order valence-corrected chi connectivity index (χ2v) is 4.23. The highest BCUT2D eigenvalue weighted by atomic mass is 35.5. The summed E-state index contributed by atoms with van der Waals surface area (Å²) in [5.74, 6) is 0.567. The zero-order chi connectivity index (χ0) is 12.4. The van der Waals surface area contributed by atoms with E-state index in [-0.39, 0.29) is 23.0 Å². The van der Waals surface area contributed by atoms with E-state index in [9.17, 15) is 14.9 Å². The summed E-state index contributed by atoms with van der Waals surface area (Å²) in [6.45, 7) is 0.959. The number of hydrogen-bond donors (Lipinski definition) is 0. The number of Topliss-reactive ketones (excluding diaryl/α,β-unsaturated/α-hetero) is 1. The van der Waals surface area contributed by atoms with E-state index in [4.69, 9.17) is 11.6 Å². The van der Waals surface area contributed by atoms with Gasteiger partial charge in [-0.3, -0.25) is 14.9 Å². The highest BCUT2D eigenvalue weighted by Crippen LogP contribution is 2.28. The molecule has 0 radical (unpaired) electrons. The summed E-state index contributed by atoms with van der Waals surface area (Å²) in [6, 6.07) is 1.25. The molecule has 2 rings (SSSR count). The molecule has 1 aliphatic heterocycles. The second-order valence-electron chi connectivity index (χ2n) is 3.82. The van der Waals surface area contributed by atoms with Gasteiger partial charge in [-0.15, -0.1) is 0 Å². The first-order chi connectivity index (χ1) is 8.08. The van der Waals surface area contributed by atoms with Gasteiger partial charge in [-0.2, -0.15) is 0 Å². The summed E-state index contributed by atoms with van der Waals surface area (Å²) < 4.78 is 0. The van der Waals surface area contributed by atoms with Crippen LogP contribution < -0.4 is 4.90 Å². The lowest BCUT2D eigenvalue weighted by molar-refractivity contribution is -0.385. The lowest BCUT2D eigenvalue weighted by Crippen LogP contribution is -2.36. The molecule has 2 heterocycles. The second kappa shape index (κ2) is 4.67. The molecule has 1 aliphatic rings. The van der Waals surface area contributed by atoms with Gasteiger partial charge >= 0.3 is 0 Å². The van der Waals surface area contributed by atoms with Crippen molar-refractivity contribution in [1.29, 1.82) is 0 Å². The van der Waals surface area contributed by atoms with Gasteiger partial charge in [-0.1, -0.05) is 11.6 Å². The van der Waals surface area contributed by atoms with Crippen LogP contribution in [0.5, 0.6) is 0 Å². The van der Waals surface area contributed by atoms with Crippen LogP contribution in [0.1, 0.15) is 12.8 Å². The molecule has 1 saturated heterocycles. The molecule has 17 heavy (non-hydrogen) atoms. The Balaban J connectivity index is 2.26. The first-order valence-electron chi connectivity index (χ1n) is 5.14. The van der Waals surface area contributed by atoms with Crippen molar-refractivity contribution in [3.05, 3.63) is 27.4 Å². The van der Waals surface area contributed by atoms with Crippen molar-refractivity contribution in [3.63, 3.8) is 0 Å². The van der Waals surface area contributed by atoms with E-state index in [0.29, 0.717) is 18.8 Å². The molecule has 1 aromatic heterocycles. The Bertz CT molecular complexity index is 478. The minimum Gasteiger partial charge on any atom is -0.348 e. The third-order valence-electron chi connectivity index (χ3n) is 2.57. The number of halogens is 1. The van der Waals surface area contributed by atoms with Gasteiger partial charge in [0.15, 0.2) is 5.78 Å². The number of carbonyl (C=O) groups is 1. The maximum absolute atomic E-state index is 11.3. The van der Waals surface area contributed by atoms with E-state index >= 15 is 0 Å². The number of rotatable bonds is 2. The fourth-order valence-electron chi connectivity index (χ4n) is 1.77. The summed E-state index contributed by atoms with van der Waals surface area (Å²) in [6.07, 6.45) is 2.48. The maximum Gasteiger partial charge on any atom is 0.289 e. The fourth-order valence-corrected chi connectivity index (χ4v) is 2.05. The Hall–Kier alpha value is -1.69. The molecule has 1 aromatic rings. The average Bonchev–Trinajstić information content (AvgIpc) is 2.28. The third kappa shape index (κ3) is 2.52. The number of piperidine rings is 1. The van der Waals surface area contributed by atoms with Crippen LogP contribution in [0.3, 0.4) is 0 Å². The number of nitro groups is 1. The number of carbonyl (C=O) groups excluding carboxylic acids is 1. The van der Waals surface area contributed by atoms with Gasteiger partial charge in [0, 0.05) is 19.0 Å². The van der Waals surface area contributed by atoms with Gasteiger partial charge in [-0.25, -0.2) is 4.98 Å². The SMILES string of the molecule is O=C1CCCN(c2ncc([N+](=O)[O-])cc2Cl)C1. The number of ketones is 1. The minimum absolute atomic E-state index is 0.132. The first-order valence-corrected chi connectivity index (χ1v) is 5.52. The average molecular weight is 256 g/mol. The summed E-state index contributed by atoms with van der Waals surface area (Å²) in [5, 5.41) is 10.7. The third-order valence-corrected chi connectivity index (χ3v) is 2.85.